The van der Waals surface area contributed by atoms with Crippen molar-refractivity contribution in [2.24, 2.45) is 0 Å². The number of nitrogens with zero attached hydrogens (tertiary/aromatic N) is 4. The summed E-state index contributed by atoms with van der Waals surface area (Å²) in [5, 5.41) is 10.8. The lowest BCUT2D eigenvalue weighted by molar-refractivity contribution is 0.0731. The van der Waals surface area contributed by atoms with Crippen molar-refractivity contribution in [3.8, 4) is 11.3 Å². The molecule has 3 heterocycles. The number of imidazole rings is 1. The number of rotatable bonds is 8. The summed E-state index contributed by atoms with van der Waals surface area (Å²) in [5.74, 6) is -0.120. The molecule has 3 aromatic rings. The van der Waals surface area contributed by atoms with Crippen molar-refractivity contribution in [3.63, 3.8) is 0 Å². The molecule has 0 bridgehead atoms. The van der Waals surface area contributed by atoms with E-state index in [1.165, 1.54) is 4.31 Å². The summed E-state index contributed by atoms with van der Waals surface area (Å²) in [7, 11) is -3.39. The maximum absolute atomic E-state index is 12.6. The largest absolute Gasteiger partial charge is 0.381 e. The fourth-order valence-corrected chi connectivity index (χ4v) is 5.61. The number of hydrogen-bond donors (Lipinski definition) is 2. The molecule has 12 heteroatoms. The molecule has 0 atom stereocenters. The molecular weight excluding hydrogens is 492 g/mol. The smallest absolute Gasteiger partial charge is 0.251 e. The number of amides is 1. The lowest BCUT2D eigenvalue weighted by atomic mass is 10.0. The van der Waals surface area contributed by atoms with E-state index >= 15 is 0 Å². The van der Waals surface area contributed by atoms with Crippen LogP contribution in [0.5, 0.6) is 0 Å². The van der Waals surface area contributed by atoms with Crippen LogP contribution in [0.25, 0.3) is 16.9 Å². The molecule has 1 saturated carbocycles. The summed E-state index contributed by atoms with van der Waals surface area (Å²) >= 11 is 6.29. The van der Waals surface area contributed by atoms with E-state index < -0.39 is 10.0 Å². The zero-order valence-corrected chi connectivity index (χ0v) is 20.9. The van der Waals surface area contributed by atoms with E-state index in [-0.39, 0.29) is 23.4 Å². The van der Waals surface area contributed by atoms with Gasteiger partial charge in [0, 0.05) is 42.9 Å². The van der Waals surface area contributed by atoms with Crippen molar-refractivity contribution < 1.29 is 17.9 Å². The number of morpholine rings is 1. The second kappa shape index (κ2) is 9.73. The molecule has 5 rings (SSSR count). The monoisotopic (exact) mass is 518 g/mol. The van der Waals surface area contributed by atoms with Crippen molar-refractivity contribution in [1.82, 2.24) is 24.2 Å². The van der Waals surface area contributed by atoms with Gasteiger partial charge in [0.2, 0.25) is 10.0 Å². The molecule has 0 unspecified atom stereocenters. The topological polar surface area (TPSA) is 118 Å². The molecule has 2 aromatic heterocycles. The van der Waals surface area contributed by atoms with Crippen LogP contribution in [0.15, 0.2) is 30.5 Å². The maximum atomic E-state index is 12.6. The van der Waals surface area contributed by atoms with Gasteiger partial charge in [-0.15, -0.1) is 0 Å². The van der Waals surface area contributed by atoms with Gasteiger partial charge in [-0.25, -0.2) is 17.9 Å². The van der Waals surface area contributed by atoms with Crippen LogP contribution in [0.1, 0.15) is 28.8 Å². The van der Waals surface area contributed by atoms with Crippen molar-refractivity contribution in [3.05, 3.63) is 46.7 Å². The summed E-state index contributed by atoms with van der Waals surface area (Å²) in [6, 6.07) is 7.52. The highest BCUT2D eigenvalue weighted by Crippen LogP contribution is 2.28. The molecule has 2 aliphatic rings. The van der Waals surface area contributed by atoms with Gasteiger partial charge in [-0.1, -0.05) is 17.7 Å². The van der Waals surface area contributed by atoms with Gasteiger partial charge >= 0.3 is 0 Å². The molecule has 35 heavy (non-hydrogen) atoms. The summed E-state index contributed by atoms with van der Waals surface area (Å²) in [4.78, 5) is 17.0. The number of aryl methyl sites for hydroxylation is 1. The second-order valence-electron chi connectivity index (χ2n) is 8.79. The Hall–Kier alpha value is -2.73. The van der Waals surface area contributed by atoms with Gasteiger partial charge in [0.25, 0.3) is 5.91 Å². The predicted molar refractivity (Wildman–Crippen MR) is 133 cm³/mol. The van der Waals surface area contributed by atoms with E-state index in [4.69, 9.17) is 16.3 Å². The molecule has 1 aromatic carbocycles. The molecule has 0 spiro atoms. The minimum absolute atomic E-state index is 0.0593. The Balaban J connectivity index is 1.35. The van der Waals surface area contributed by atoms with Crippen molar-refractivity contribution >= 4 is 38.9 Å². The first kappa shape index (κ1) is 24.0. The number of carbonyl (C=O) groups excluding carboxylic acids is 1. The average Bonchev–Trinajstić information content (AvgIpc) is 3.54. The third-order valence-electron chi connectivity index (χ3n) is 6.16. The standard InChI is InChI=1S/C23H27ClN6O4S/c1-15-12-16(2-5-18(15)23(31)27-17-3-4-17)20-14-26-22-19(13-21(24)28-30(20)22)25-6-11-35(32,33)29-7-9-34-10-8-29/h2,5,12-14,17,25H,3-4,6-11H2,1H3,(H,27,31). The zero-order chi connectivity index (χ0) is 24.6. The maximum Gasteiger partial charge on any atom is 0.251 e. The fourth-order valence-electron chi connectivity index (χ4n) is 4.10. The molecule has 1 saturated heterocycles. The van der Waals surface area contributed by atoms with E-state index in [9.17, 15) is 13.2 Å². The Bertz CT molecular complexity index is 1370. The first-order chi connectivity index (χ1) is 16.8. The van der Waals surface area contributed by atoms with Crippen LogP contribution < -0.4 is 10.6 Å². The number of sulfonamides is 1. The lowest BCUT2D eigenvalue weighted by Gasteiger charge is -2.26. The predicted octanol–water partition coefficient (Wildman–Crippen LogP) is 2.32. The number of ether oxygens (including phenoxy) is 1. The molecule has 186 valence electrons. The van der Waals surface area contributed by atoms with E-state index in [1.807, 2.05) is 25.1 Å². The molecule has 2 fully saturated rings. The average molecular weight is 519 g/mol. The van der Waals surface area contributed by atoms with Gasteiger partial charge in [-0.05, 0) is 37.5 Å². The molecule has 1 aliphatic carbocycles. The molecule has 0 radical (unpaired) electrons. The number of fused-ring (bicyclic) bond motifs is 1. The first-order valence-corrected chi connectivity index (χ1v) is 13.6. The number of halogens is 1. The highest BCUT2D eigenvalue weighted by atomic mass is 35.5. The van der Waals surface area contributed by atoms with Crippen LogP contribution in [-0.4, -0.2) is 77.9 Å². The highest BCUT2D eigenvalue weighted by Gasteiger charge is 2.25. The van der Waals surface area contributed by atoms with Crippen molar-refractivity contribution in [1.29, 1.82) is 0 Å². The van der Waals surface area contributed by atoms with Gasteiger partial charge in [-0.2, -0.15) is 9.40 Å². The van der Waals surface area contributed by atoms with Gasteiger partial charge in [-0.3, -0.25) is 4.79 Å². The molecule has 1 amide bonds. The Morgan fingerprint density at radius 1 is 1.23 bits per heavy atom. The third kappa shape index (κ3) is 5.27. The first-order valence-electron chi connectivity index (χ1n) is 11.6. The fraction of sp³-hybridized carbons (Fsp3) is 0.435. The minimum atomic E-state index is -3.39. The van der Waals surface area contributed by atoms with Gasteiger partial charge in [0.05, 0.1) is 36.5 Å². The van der Waals surface area contributed by atoms with E-state index in [1.54, 1.807) is 16.8 Å². The van der Waals surface area contributed by atoms with Gasteiger partial charge in [0.15, 0.2) is 10.8 Å². The summed E-state index contributed by atoms with van der Waals surface area (Å²) in [6.07, 6.45) is 3.76. The van der Waals surface area contributed by atoms with E-state index in [0.29, 0.717) is 54.9 Å². The number of nitrogens with one attached hydrogen (secondary N) is 2. The number of aromatic nitrogens is 3. The third-order valence-corrected chi connectivity index (χ3v) is 8.21. The summed E-state index contributed by atoms with van der Waals surface area (Å²) in [5.41, 5.74) is 4.16. The SMILES string of the molecule is Cc1cc(-c2cnc3c(NCCS(=O)(=O)N4CCOCC4)cc(Cl)nn23)ccc1C(=O)NC1CC1. The Morgan fingerprint density at radius 3 is 2.71 bits per heavy atom. The Labute approximate surface area is 208 Å². The van der Waals surface area contributed by atoms with Crippen LogP contribution in [0.4, 0.5) is 5.69 Å². The number of hydrogen-bond acceptors (Lipinski definition) is 7. The Morgan fingerprint density at radius 2 is 2.00 bits per heavy atom. The minimum Gasteiger partial charge on any atom is -0.381 e. The molecule has 10 nitrogen and oxygen atoms in total. The quantitative estimate of drug-likeness (QED) is 0.470. The zero-order valence-electron chi connectivity index (χ0n) is 19.3. The molecule has 2 N–H and O–H groups in total. The Kier molecular flexibility index (Phi) is 6.67. The van der Waals surface area contributed by atoms with Gasteiger partial charge in [0.1, 0.15) is 0 Å². The van der Waals surface area contributed by atoms with Crippen LogP contribution >= 0.6 is 11.6 Å². The highest BCUT2D eigenvalue weighted by molar-refractivity contribution is 7.89. The second-order valence-corrected chi connectivity index (χ2v) is 11.3. The van der Waals surface area contributed by atoms with E-state index in [0.717, 1.165) is 24.0 Å². The number of benzene rings is 1. The molecule has 1 aliphatic heterocycles. The van der Waals surface area contributed by atoms with Crippen LogP contribution in [0.3, 0.4) is 0 Å². The van der Waals surface area contributed by atoms with Crippen molar-refractivity contribution in [2.75, 3.05) is 43.9 Å². The van der Waals surface area contributed by atoms with Crippen LogP contribution in [0, 0.1) is 6.92 Å². The van der Waals surface area contributed by atoms with Crippen LogP contribution in [-0.2, 0) is 14.8 Å². The number of anilines is 1. The summed E-state index contributed by atoms with van der Waals surface area (Å²) < 4.78 is 33.5. The molecular formula is C23H27ClN6O4S. The summed E-state index contributed by atoms with van der Waals surface area (Å²) in [6.45, 7) is 3.67. The van der Waals surface area contributed by atoms with Gasteiger partial charge < -0.3 is 15.4 Å². The lowest BCUT2D eigenvalue weighted by Crippen LogP contribution is -2.42. The van der Waals surface area contributed by atoms with Crippen LogP contribution in [0.2, 0.25) is 5.15 Å². The van der Waals surface area contributed by atoms with E-state index in [2.05, 4.69) is 20.7 Å². The van der Waals surface area contributed by atoms with Crippen molar-refractivity contribution in [2.45, 2.75) is 25.8 Å². The normalized spacial score (nSPS) is 17.0. The number of carbonyl (C=O) groups is 1.